The number of nitrogens with zero attached hydrogens (tertiary/aromatic N) is 1. The van der Waals surface area contributed by atoms with Gasteiger partial charge in [0.05, 0.1) is 27.8 Å². The number of hydrogen-bond donors (Lipinski definition) is 0. The van der Waals surface area contributed by atoms with Crippen LogP contribution in [0.1, 0.15) is 28.4 Å². The Hall–Kier alpha value is -3.02. The lowest BCUT2D eigenvalue weighted by Gasteiger charge is -2.20. The molecular formula is C21H25NO5. The van der Waals surface area contributed by atoms with Crippen molar-refractivity contribution in [3.8, 4) is 17.2 Å². The van der Waals surface area contributed by atoms with Gasteiger partial charge in [0.15, 0.2) is 5.78 Å². The molecule has 2 aromatic carbocycles. The van der Waals surface area contributed by atoms with Crippen molar-refractivity contribution in [1.29, 1.82) is 0 Å². The largest absolute Gasteiger partial charge is 0.497 e. The lowest BCUT2D eigenvalue weighted by Crippen LogP contribution is -2.28. The molecular weight excluding hydrogens is 346 g/mol. The monoisotopic (exact) mass is 371 g/mol. The van der Waals surface area contributed by atoms with Crippen molar-refractivity contribution in [2.24, 2.45) is 0 Å². The van der Waals surface area contributed by atoms with E-state index in [1.165, 1.54) is 6.92 Å². The molecule has 0 unspecified atom stereocenters. The molecule has 27 heavy (non-hydrogen) atoms. The van der Waals surface area contributed by atoms with Gasteiger partial charge in [0.2, 0.25) is 5.91 Å². The summed E-state index contributed by atoms with van der Waals surface area (Å²) in [6, 6.07) is 10.6. The van der Waals surface area contributed by atoms with Crippen LogP contribution >= 0.6 is 0 Å². The van der Waals surface area contributed by atoms with E-state index in [2.05, 4.69) is 0 Å². The van der Waals surface area contributed by atoms with Gasteiger partial charge < -0.3 is 19.1 Å². The number of carbonyl (C=O) groups is 2. The number of Topliss-reactive ketones (excluding diaryl/α,β-unsaturated/α-hetero) is 1. The van der Waals surface area contributed by atoms with Gasteiger partial charge in [-0.2, -0.15) is 0 Å². The van der Waals surface area contributed by atoms with Crippen molar-refractivity contribution in [1.82, 2.24) is 4.90 Å². The zero-order valence-corrected chi connectivity index (χ0v) is 16.4. The minimum atomic E-state index is -0.0909. The molecule has 6 heteroatoms. The highest BCUT2D eigenvalue weighted by Crippen LogP contribution is 2.26. The van der Waals surface area contributed by atoms with Crippen LogP contribution in [0.5, 0.6) is 17.2 Å². The molecule has 0 N–H and O–H groups in total. The van der Waals surface area contributed by atoms with Crippen LogP contribution in [0.15, 0.2) is 36.4 Å². The van der Waals surface area contributed by atoms with Gasteiger partial charge in [-0.3, -0.25) is 9.59 Å². The Morgan fingerprint density at radius 2 is 1.59 bits per heavy atom. The minimum absolute atomic E-state index is 0.0531. The number of methoxy groups -OCH3 is 3. The van der Waals surface area contributed by atoms with Gasteiger partial charge in [-0.25, -0.2) is 0 Å². The lowest BCUT2D eigenvalue weighted by molar-refractivity contribution is -0.129. The highest BCUT2D eigenvalue weighted by Gasteiger charge is 2.16. The van der Waals surface area contributed by atoms with Gasteiger partial charge in [-0.1, -0.05) is 0 Å². The van der Waals surface area contributed by atoms with Gasteiger partial charge in [0.1, 0.15) is 17.2 Å². The van der Waals surface area contributed by atoms with Gasteiger partial charge in [-0.15, -0.1) is 0 Å². The fourth-order valence-corrected chi connectivity index (χ4v) is 2.76. The maximum Gasteiger partial charge on any atom is 0.227 e. The Morgan fingerprint density at radius 1 is 0.889 bits per heavy atom. The number of amides is 1. The number of hydrogen-bond acceptors (Lipinski definition) is 5. The van der Waals surface area contributed by atoms with E-state index in [1.54, 1.807) is 57.5 Å². The van der Waals surface area contributed by atoms with Gasteiger partial charge in [0, 0.05) is 36.3 Å². The molecule has 0 saturated heterocycles. The first-order chi connectivity index (χ1) is 12.9. The first-order valence-corrected chi connectivity index (χ1v) is 8.52. The number of ketones is 1. The van der Waals surface area contributed by atoms with E-state index in [0.29, 0.717) is 34.9 Å². The summed E-state index contributed by atoms with van der Waals surface area (Å²) in [7, 11) is 6.45. The van der Waals surface area contributed by atoms with Crippen LogP contribution in [0.3, 0.4) is 0 Å². The first-order valence-electron chi connectivity index (χ1n) is 8.52. The summed E-state index contributed by atoms with van der Waals surface area (Å²) in [5.41, 5.74) is 2.11. The van der Waals surface area contributed by atoms with Crippen molar-refractivity contribution in [2.75, 3.05) is 28.4 Å². The number of benzene rings is 2. The maximum atomic E-state index is 12.7. The molecule has 0 saturated carbocycles. The predicted octanol–water partition coefficient (Wildman–Crippen LogP) is 3.12. The molecule has 6 nitrogen and oxygen atoms in total. The smallest absolute Gasteiger partial charge is 0.227 e. The molecule has 0 radical (unpaired) electrons. The summed E-state index contributed by atoms with van der Waals surface area (Å²) in [6.45, 7) is 1.89. The van der Waals surface area contributed by atoms with E-state index in [9.17, 15) is 9.59 Å². The summed E-state index contributed by atoms with van der Waals surface area (Å²) in [4.78, 5) is 25.9. The number of rotatable bonds is 8. The Morgan fingerprint density at radius 3 is 2.19 bits per heavy atom. The highest BCUT2D eigenvalue weighted by molar-refractivity contribution is 5.94. The molecule has 0 bridgehead atoms. The molecule has 0 atom stereocenters. The van der Waals surface area contributed by atoms with E-state index in [4.69, 9.17) is 14.2 Å². The van der Waals surface area contributed by atoms with E-state index in [-0.39, 0.29) is 18.1 Å². The van der Waals surface area contributed by atoms with Crippen LogP contribution in [0, 0.1) is 0 Å². The second-order valence-corrected chi connectivity index (χ2v) is 6.19. The SMILES string of the molecule is COc1ccc(CN(C)C(=O)Cc2cc(C(C)=O)ccc2OC)c(OC)c1. The minimum Gasteiger partial charge on any atom is -0.497 e. The number of ether oxygens (including phenoxy) is 3. The Labute approximate surface area is 159 Å². The molecule has 0 fully saturated rings. The van der Waals surface area contributed by atoms with Gasteiger partial charge in [-0.05, 0) is 37.3 Å². The summed E-state index contributed by atoms with van der Waals surface area (Å²) in [5, 5.41) is 0. The lowest BCUT2D eigenvalue weighted by atomic mass is 10.0. The molecule has 1 amide bonds. The highest BCUT2D eigenvalue weighted by atomic mass is 16.5. The van der Waals surface area contributed by atoms with E-state index < -0.39 is 0 Å². The Balaban J connectivity index is 2.17. The molecule has 0 aromatic heterocycles. The normalized spacial score (nSPS) is 10.3. The van der Waals surface area contributed by atoms with Gasteiger partial charge in [0.25, 0.3) is 0 Å². The van der Waals surface area contributed by atoms with Crippen LogP contribution in [0.25, 0.3) is 0 Å². The summed E-state index contributed by atoms with van der Waals surface area (Å²) >= 11 is 0. The zero-order valence-electron chi connectivity index (χ0n) is 16.4. The maximum absolute atomic E-state index is 12.7. The molecule has 0 aliphatic carbocycles. The topological polar surface area (TPSA) is 65.1 Å². The third-order valence-corrected chi connectivity index (χ3v) is 4.36. The van der Waals surface area contributed by atoms with Crippen molar-refractivity contribution in [3.63, 3.8) is 0 Å². The predicted molar refractivity (Wildman–Crippen MR) is 103 cm³/mol. The van der Waals surface area contributed by atoms with Crippen molar-refractivity contribution >= 4 is 11.7 Å². The van der Waals surface area contributed by atoms with Crippen LogP contribution in [-0.4, -0.2) is 45.0 Å². The van der Waals surface area contributed by atoms with Crippen molar-refractivity contribution < 1.29 is 23.8 Å². The standard InChI is InChI=1S/C21H25NO5/c1-14(23)15-7-9-19(26-4)17(10-15)11-21(24)22(2)13-16-6-8-18(25-3)12-20(16)27-5/h6-10,12H,11,13H2,1-5H3. The fraction of sp³-hybridized carbons (Fsp3) is 0.333. The number of carbonyl (C=O) groups excluding carboxylic acids is 2. The summed E-state index contributed by atoms with van der Waals surface area (Å²) in [6.07, 6.45) is 0.138. The Bertz CT molecular complexity index is 831. The molecule has 2 rings (SSSR count). The van der Waals surface area contributed by atoms with E-state index >= 15 is 0 Å². The van der Waals surface area contributed by atoms with Crippen molar-refractivity contribution in [3.05, 3.63) is 53.1 Å². The third-order valence-electron chi connectivity index (χ3n) is 4.36. The molecule has 144 valence electrons. The van der Waals surface area contributed by atoms with Crippen LogP contribution in [0.4, 0.5) is 0 Å². The van der Waals surface area contributed by atoms with Crippen LogP contribution in [0.2, 0.25) is 0 Å². The molecule has 0 aliphatic heterocycles. The molecule has 0 aliphatic rings. The zero-order chi connectivity index (χ0) is 20.0. The average Bonchev–Trinajstić information content (AvgIpc) is 2.67. The van der Waals surface area contributed by atoms with Crippen LogP contribution in [-0.2, 0) is 17.8 Å². The fourth-order valence-electron chi connectivity index (χ4n) is 2.76. The summed E-state index contributed by atoms with van der Waals surface area (Å²) in [5.74, 6) is 1.79. The third kappa shape index (κ3) is 5.00. The first kappa shape index (κ1) is 20.3. The number of likely N-dealkylation sites (N-methyl/N-ethyl adjacent to an activating group) is 1. The Kier molecular flexibility index (Phi) is 6.82. The molecule has 0 spiro atoms. The average molecular weight is 371 g/mol. The van der Waals surface area contributed by atoms with Gasteiger partial charge >= 0.3 is 0 Å². The van der Waals surface area contributed by atoms with E-state index in [0.717, 1.165) is 5.56 Å². The second-order valence-electron chi connectivity index (χ2n) is 6.19. The van der Waals surface area contributed by atoms with Crippen molar-refractivity contribution in [2.45, 2.75) is 19.9 Å². The van der Waals surface area contributed by atoms with E-state index in [1.807, 2.05) is 12.1 Å². The quantitative estimate of drug-likeness (QED) is 0.667. The molecule has 0 heterocycles. The summed E-state index contributed by atoms with van der Waals surface area (Å²) < 4.78 is 15.9. The van der Waals surface area contributed by atoms with Crippen LogP contribution < -0.4 is 14.2 Å². The second kappa shape index (κ2) is 9.07. The molecule has 2 aromatic rings.